The summed E-state index contributed by atoms with van der Waals surface area (Å²) in [5.41, 5.74) is 2.78. The molecule has 0 saturated carbocycles. The monoisotopic (exact) mass is 387 g/mol. The predicted octanol–water partition coefficient (Wildman–Crippen LogP) is 3.83. The van der Waals surface area contributed by atoms with Crippen molar-refractivity contribution in [1.29, 1.82) is 0 Å². The van der Waals surface area contributed by atoms with Gasteiger partial charge in [0, 0.05) is 18.2 Å². The Labute approximate surface area is 158 Å². The van der Waals surface area contributed by atoms with Crippen LogP contribution in [-0.2, 0) is 4.79 Å². The van der Waals surface area contributed by atoms with Crippen LogP contribution in [0.25, 0.3) is 11.3 Å². The highest BCUT2D eigenvalue weighted by atomic mass is 32.2. The van der Waals surface area contributed by atoms with Gasteiger partial charge in [-0.25, -0.2) is 0 Å². The van der Waals surface area contributed by atoms with Crippen LogP contribution in [0.5, 0.6) is 0 Å². The summed E-state index contributed by atoms with van der Waals surface area (Å²) in [4.78, 5) is 12.1. The van der Waals surface area contributed by atoms with Crippen LogP contribution in [0.4, 0.5) is 11.0 Å². The van der Waals surface area contributed by atoms with Gasteiger partial charge in [0.1, 0.15) is 5.69 Å². The Hall–Kier alpha value is -2.65. The van der Waals surface area contributed by atoms with Crippen LogP contribution in [0.2, 0.25) is 0 Å². The SMILES string of the molecule is C=CCNc1nnc(SCC(=O)Nc2cc(-c3ccc(C)cc3)no2)s1. The number of thioether (sulfide) groups is 1. The molecule has 0 spiro atoms. The Kier molecular flexibility index (Phi) is 6.03. The molecule has 0 unspecified atom stereocenters. The number of anilines is 2. The quantitative estimate of drug-likeness (QED) is 0.448. The molecule has 3 rings (SSSR count). The number of nitrogens with zero attached hydrogens (tertiary/aromatic N) is 3. The smallest absolute Gasteiger partial charge is 0.237 e. The first kappa shape index (κ1) is 18.2. The van der Waals surface area contributed by atoms with Crippen LogP contribution in [-0.4, -0.2) is 33.6 Å². The lowest BCUT2D eigenvalue weighted by molar-refractivity contribution is -0.113. The molecule has 0 bridgehead atoms. The molecule has 9 heteroatoms. The summed E-state index contributed by atoms with van der Waals surface area (Å²) in [7, 11) is 0. The van der Waals surface area contributed by atoms with E-state index in [1.807, 2.05) is 31.2 Å². The molecule has 0 aliphatic heterocycles. The Morgan fingerprint density at radius 1 is 1.35 bits per heavy atom. The second-order valence-electron chi connectivity index (χ2n) is 5.32. The second kappa shape index (κ2) is 8.63. The fourth-order valence-electron chi connectivity index (χ4n) is 1.99. The third-order valence-corrected chi connectivity index (χ3v) is 5.27. The number of carbonyl (C=O) groups excluding carboxylic acids is 1. The Bertz CT molecular complexity index is 889. The van der Waals surface area contributed by atoms with E-state index < -0.39 is 0 Å². The van der Waals surface area contributed by atoms with E-state index >= 15 is 0 Å². The summed E-state index contributed by atoms with van der Waals surface area (Å²) in [5, 5.41) is 18.4. The molecule has 1 aromatic carbocycles. The van der Waals surface area contributed by atoms with E-state index in [-0.39, 0.29) is 11.7 Å². The fraction of sp³-hybridized carbons (Fsp3) is 0.176. The minimum Gasteiger partial charge on any atom is -0.357 e. The first-order chi connectivity index (χ1) is 12.6. The zero-order valence-corrected chi connectivity index (χ0v) is 15.7. The summed E-state index contributed by atoms with van der Waals surface area (Å²) in [6.45, 7) is 6.27. The fourth-order valence-corrected chi connectivity index (χ4v) is 3.55. The molecule has 0 radical (unpaired) electrons. The van der Waals surface area contributed by atoms with Crippen molar-refractivity contribution < 1.29 is 9.32 Å². The highest BCUT2D eigenvalue weighted by Crippen LogP contribution is 2.26. The number of rotatable bonds is 8. The van der Waals surface area contributed by atoms with Gasteiger partial charge in [0.25, 0.3) is 0 Å². The van der Waals surface area contributed by atoms with Gasteiger partial charge in [-0.3, -0.25) is 10.1 Å². The van der Waals surface area contributed by atoms with E-state index in [0.29, 0.717) is 27.6 Å². The van der Waals surface area contributed by atoms with E-state index in [0.717, 1.165) is 5.56 Å². The highest BCUT2D eigenvalue weighted by Gasteiger charge is 2.12. The van der Waals surface area contributed by atoms with Gasteiger partial charge < -0.3 is 9.84 Å². The van der Waals surface area contributed by atoms with Crippen LogP contribution < -0.4 is 10.6 Å². The first-order valence-corrected chi connectivity index (χ1v) is 9.59. The lowest BCUT2D eigenvalue weighted by Crippen LogP contribution is -2.13. The maximum Gasteiger partial charge on any atom is 0.237 e. The number of aryl methyl sites for hydroxylation is 1. The highest BCUT2D eigenvalue weighted by molar-refractivity contribution is 8.01. The molecule has 2 heterocycles. The number of hydrogen-bond donors (Lipinski definition) is 2. The van der Waals surface area contributed by atoms with Crippen LogP contribution in [0.3, 0.4) is 0 Å². The summed E-state index contributed by atoms with van der Waals surface area (Å²) >= 11 is 2.70. The molecule has 1 amide bonds. The molecule has 2 aromatic heterocycles. The van der Waals surface area contributed by atoms with Crippen molar-refractivity contribution in [2.75, 3.05) is 22.9 Å². The largest absolute Gasteiger partial charge is 0.357 e. The van der Waals surface area contributed by atoms with Crippen LogP contribution in [0.1, 0.15) is 5.56 Å². The maximum atomic E-state index is 12.1. The molecule has 3 aromatic rings. The normalized spacial score (nSPS) is 10.5. The van der Waals surface area contributed by atoms with Gasteiger partial charge in [0.2, 0.25) is 16.9 Å². The van der Waals surface area contributed by atoms with Crippen molar-refractivity contribution in [3.63, 3.8) is 0 Å². The number of aromatic nitrogens is 3. The van der Waals surface area contributed by atoms with E-state index in [2.05, 4.69) is 32.6 Å². The van der Waals surface area contributed by atoms with Crippen LogP contribution in [0, 0.1) is 6.92 Å². The predicted molar refractivity (Wildman–Crippen MR) is 105 cm³/mol. The van der Waals surface area contributed by atoms with Gasteiger partial charge in [0.15, 0.2) is 4.34 Å². The number of benzene rings is 1. The molecule has 2 N–H and O–H groups in total. The number of nitrogens with one attached hydrogen (secondary N) is 2. The third kappa shape index (κ3) is 4.93. The number of carbonyl (C=O) groups is 1. The van der Waals surface area contributed by atoms with Crippen molar-refractivity contribution in [3.05, 3.63) is 48.6 Å². The average Bonchev–Trinajstić information content (AvgIpc) is 3.28. The lowest BCUT2D eigenvalue weighted by Gasteiger charge is -1.98. The molecule has 0 aliphatic carbocycles. The molecule has 0 aliphatic rings. The van der Waals surface area contributed by atoms with Crippen molar-refractivity contribution in [1.82, 2.24) is 15.4 Å². The van der Waals surface area contributed by atoms with Gasteiger partial charge >= 0.3 is 0 Å². The summed E-state index contributed by atoms with van der Waals surface area (Å²) in [5.74, 6) is 0.325. The van der Waals surface area contributed by atoms with E-state index in [1.54, 1.807) is 12.1 Å². The molecule has 0 saturated heterocycles. The molecule has 134 valence electrons. The summed E-state index contributed by atoms with van der Waals surface area (Å²) in [6.07, 6.45) is 1.74. The molecule has 7 nitrogen and oxygen atoms in total. The van der Waals surface area contributed by atoms with Crippen LogP contribution in [0.15, 0.2) is 51.8 Å². The molecular formula is C17H17N5O2S2. The maximum absolute atomic E-state index is 12.1. The van der Waals surface area contributed by atoms with Gasteiger partial charge in [-0.2, -0.15) is 0 Å². The second-order valence-corrected chi connectivity index (χ2v) is 7.52. The zero-order chi connectivity index (χ0) is 18.4. The van der Waals surface area contributed by atoms with Crippen molar-refractivity contribution in [3.8, 4) is 11.3 Å². The summed E-state index contributed by atoms with van der Waals surface area (Å²) in [6, 6.07) is 9.62. The van der Waals surface area contributed by atoms with Crippen molar-refractivity contribution >= 4 is 40.0 Å². The van der Waals surface area contributed by atoms with Gasteiger partial charge in [-0.1, -0.05) is 64.2 Å². The number of hydrogen-bond acceptors (Lipinski definition) is 8. The van der Waals surface area contributed by atoms with E-state index in [4.69, 9.17) is 4.52 Å². The molecule has 0 atom stereocenters. The lowest BCUT2D eigenvalue weighted by atomic mass is 10.1. The van der Waals surface area contributed by atoms with E-state index in [9.17, 15) is 4.79 Å². The van der Waals surface area contributed by atoms with Gasteiger partial charge in [-0.05, 0) is 6.92 Å². The van der Waals surface area contributed by atoms with Crippen molar-refractivity contribution in [2.45, 2.75) is 11.3 Å². The zero-order valence-electron chi connectivity index (χ0n) is 14.1. The van der Waals surface area contributed by atoms with Crippen LogP contribution >= 0.6 is 23.1 Å². The first-order valence-electron chi connectivity index (χ1n) is 7.79. The van der Waals surface area contributed by atoms with Crippen molar-refractivity contribution in [2.24, 2.45) is 0 Å². The Morgan fingerprint density at radius 3 is 2.92 bits per heavy atom. The Balaban J connectivity index is 1.51. The minimum atomic E-state index is -0.197. The average molecular weight is 387 g/mol. The van der Waals surface area contributed by atoms with E-state index in [1.165, 1.54) is 28.7 Å². The number of amides is 1. The minimum absolute atomic E-state index is 0.197. The molecule has 26 heavy (non-hydrogen) atoms. The third-order valence-electron chi connectivity index (χ3n) is 3.25. The topological polar surface area (TPSA) is 92.9 Å². The standard InChI is InChI=1S/C17H17N5O2S2/c1-3-8-18-16-20-21-17(26-16)25-10-14(23)19-15-9-13(22-24-15)12-6-4-11(2)5-7-12/h3-7,9H,1,8,10H2,2H3,(H,18,20)(H,19,23). The van der Waals surface area contributed by atoms with Gasteiger partial charge in [0.05, 0.1) is 5.75 Å². The van der Waals surface area contributed by atoms with Gasteiger partial charge in [-0.15, -0.1) is 16.8 Å². The molecular weight excluding hydrogens is 370 g/mol. The molecule has 0 fully saturated rings. The summed E-state index contributed by atoms with van der Waals surface area (Å²) < 4.78 is 5.90. The Morgan fingerprint density at radius 2 is 2.15 bits per heavy atom.